The second-order valence-corrected chi connectivity index (χ2v) is 8.32. The van der Waals surface area contributed by atoms with Crippen molar-refractivity contribution < 1.29 is 14.7 Å². The SMILES string of the molecule is NC(=O)c1nn(-c2ccc(O)cc2)c2c1C(N)(C(=O)c1ccccc1)C(Cl)c1ccccc1-2. The smallest absolute Gasteiger partial charge is 0.269 e. The summed E-state index contributed by atoms with van der Waals surface area (Å²) in [6.45, 7) is 0. The molecule has 164 valence electrons. The molecule has 0 saturated heterocycles. The molecule has 0 radical (unpaired) electrons. The molecule has 4 aromatic rings. The zero-order chi connectivity index (χ0) is 23.3. The number of primary amides is 1. The van der Waals surface area contributed by atoms with Gasteiger partial charge in [0.15, 0.2) is 11.5 Å². The molecule has 0 fully saturated rings. The molecule has 1 amide bonds. The summed E-state index contributed by atoms with van der Waals surface area (Å²) in [4.78, 5) is 26.4. The van der Waals surface area contributed by atoms with E-state index >= 15 is 0 Å². The zero-order valence-electron chi connectivity index (χ0n) is 17.3. The van der Waals surface area contributed by atoms with Crippen molar-refractivity contribution in [3.05, 3.63) is 101 Å². The molecule has 1 heterocycles. The molecule has 8 heteroatoms. The van der Waals surface area contributed by atoms with Gasteiger partial charge >= 0.3 is 0 Å². The summed E-state index contributed by atoms with van der Waals surface area (Å²) in [5.74, 6) is -1.21. The lowest BCUT2D eigenvalue weighted by Crippen LogP contribution is -2.51. The average Bonchev–Trinajstić information content (AvgIpc) is 3.25. The van der Waals surface area contributed by atoms with Crippen LogP contribution >= 0.6 is 11.6 Å². The lowest BCUT2D eigenvalue weighted by atomic mass is 9.71. The van der Waals surface area contributed by atoms with Crippen LogP contribution in [0.4, 0.5) is 0 Å². The van der Waals surface area contributed by atoms with Crippen molar-refractivity contribution in [2.45, 2.75) is 10.9 Å². The van der Waals surface area contributed by atoms with E-state index in [4.69, 9.17) is 23.1 Å². The fourth-order valence-electron chi connectivity index (χ4n) is 4.37. The van der Waals surface area contributed by atoms with Crippen LogP contribution in [0.1, 0.15) is 37.4 Å². The highest BCUT2D eigenvalue weighted by Crippen LogP contribution is 2.52. The Balaban J connectivity index is 1.88. The summed E-state index contributed by atoms with van der Waals surface area (Å²) >= 11 is 6.91. The van der Waals surface area contributed by atoms with E-state index in [1.807, 2.05) is 18.2 Å². The second-order valence-electron chi connectivity index (χ2n) is 7.88. The van der Waals surface area contributed by atoms with Gasteiger partial charge in [0, 0.05) is 16.7 Å². The molecule has 0 bridgehead atoms. The first-order valence-corrected chi connectivity index (χ1v) is 10.6. The van der Waals surface area contributed by atoms with Gasteiger partial charge in [0.2, 0.25) is 0 Å². The summed E-state index contributed by atoms with van der Waals surface area (Å²) in [5.41, 5.74) is 13.5. The normalized spacial score (nSPS) is 18.9. The number of aromatic nitrogens is 2. The topological polar surface area (TPSA) is 124 Å². The minimum atomic E-state index is -1.81. The van der Waals surface area contributed by atoms with Crippen molar-refractivity contribution in [2.75, 3.05) is 0 Å². The third kappa shape index (κ3) is 3.05. The van der Waals surface area contributed by atoms with Gasteiger partial charge in [0.05, 0.1) is 16.8 Å². The number of nitrogens with two attached hydrogens (primary N) is 2. The molecule has 1 aromatic heterocycles. The number of phenols is 1. The minimum Gasteiger partial charge on any atom is -0.508 e. The number of amides is 1. The van der Waals surface area contributed by atoms with Crippen LogP contribution in [0.25, 0.3) is 16.9 Å². The van der Waals surface area contributed by atoms with Crippen molar-refractivity contribution in [2.24, 2.45) is 11.5 Å². The van der Waals surface area contributed by atoms with Gasteiger partial charge < -0.3 is 16.6 Å². The van der Waals surface area contributed by atoms with E-state index in [2.05, 4.69) is 5.10 Å². The molecule has 3 aromatic carbocycles. The monoisotopic (exact) mass is 458 g/mol. The maximum absolute atomic E-state index is 13.8. The Bertz CT molecular complexity index is 1400. The molecule has 5 N–H and O–H groups in total. The summed E-state index contributed by atoms with van der Waals surface area (Å²) in [7, 11) is 0. The molecule has 0 saturated carbocycles. The number of phenolic OH excluding ortho intramolecular Hbond substituents is 1. The third-order valence-corrected chi connectivity index (χ3v) is 6.51. The van der Waals surface area contributed by atoms with Gasteiger partial charge in [-0.2, -0.15) is 5.10 Å². The molecule has 0 spiro atoms. The van der Waals surface area contributed by atoms with Gasteiger partial charge in [-0.15, -0.1) is 11.6 Å². The fraction of sp³-hybridized carbons (Fsp3) is 0.0800. The first-order chi connectivity index (χ1) is 15.8. The van der Waals surface area contributed by atoms with Gasteiger partial charge in [-0.1, -0.05) is 54.6 Å². The van der Waals surface area contributed by atoms with E-state index in [9.17, 15) is 14.7 Å². The Labute approximate surface area is 194 Å². The minimum absolute atomic E-state index is 0.0727. The van der Waals surface area contributed by atoms with E-state index in [1.54, 1.807) is 48.5 Å². The van der Waals surface area contributed by atoms with Crippen LogP contribution in [0.3, 0.4) is 0 Å². The summed E-state index contributed by atoms with van der Waals surface area (Å²) in [6.07, 6.45) is 0. The molecule has 2 atom stereocenters. The number of ketones is 1. The van der Waals surface area contributed by atoms with Crippen molar-refractivity contribution >= 4 is 23.3 Å². The number of halogens is 1. The first-order valence-electron chi connectivity index (χ1n) is 10.2. The van der Waals surface area contributed by atoms with Crippen molar-refractivity contribution in [3.63, 3.8) is 0 Å². The maximum Gasteiger partial charge on any atom is 0.269 e. The highest BCUT2D eigenvalue weighted by molar-refractivity contribution is 6.27. The number of alkyl halides is 1. The lowest BCUT2D eigenvalue weighted by molar-refractivity contribution is 0.0878. The second kappa shape index (κ2) is 7.58. The van der Waals surface area contributed by atoms with Crippen LogP contribution in [0.2, 0.25) is 0 Å². The number of rotatable bonds is 4. The Morgan fingerprint density at radius 2 is 1.61 bits per heavy atom. The number of hydrogen-bond donors (Lipinski definition) is 3. The van der Waals surface area contributed by atoms with Gasteiger partial charge in [-0.3, -0.25) is 9.59 Å². The number of Topliss-reactive ketones (excluding diaryl/α,β-unsaturated/α-hetero) is 1. The number of benzene rings is 3. The lowest BCUT2D eigenvalue weighted by Gasteiger charge is -2.38. The van der Waals surface area contributed by atoms with Crippen LogP contribution in [0.5, 0.6) is 5.75 Å². The van der Waals surface area contributed by atoms with E-state index in [0.717, 1.165) is 0 Å². The summed E-state index contributed by atoms with van der Waals surface area (Å²) in [6, 6.07) is 22.1. The Morgan fingerprint density at radius 1 is 0.970 bits per heavy atom. The standard InChI is InChI=1S/C25H19ClN4O3/c26-22-18-9-5-4-8-17(18)21-19(25(22,28)23(32)14-6-2-1-3-7-14)20(24(27)33)29-30(21)15-10-12-16(31)13-11-15/h1-13,22,31H,28H2,(H2,27,33). The van der Waals surface area contributed by atoms with Crippen LogP contribution in [0, 0.1) is 0 Å². The quantitative estimate of drug-likeness (QED) is 0.318. The molecular formula is C25H19ClN4O3. The van der Waals surface area contributed by atoms with Crippen LogP contribution < -0.4 is 11.5 Å². The number of carbonyl (C=O) groups is 2. The van der Waals surface area contributed by atoms with E-state index < -0.39 is 22.6 Å². The van der Waals surface area contributed by atoms with E-state index in [0.29, 0.717) is 28.1 Å². The summed E-state index contributed by atoms with van der Waals surface area (Å²) < 4.78 is 1.51. The predicted molar refractivity (Wildman–Crippen MR) is 124 cm³/mol. The van der Waals surface area contributed by atoms with Gasteiger partial charge in [0.1, 0.15) is 11.3 Å². The Kier molecular flexibility index (Phi) is 4.81. The Hall–Kier alpha value is -3.94. The molecule has 2 unspecified atom stereocenters. The highest BCUT2D eigenvalue weighted by atomic mass is 35.5. The van der Waals surface area contributed by atoms with Crippen molar-refractivity contribution in [1.29, 1.82) is 0 Å². The fourth-order valence-corrected chi connectivity index (χ4v) is 4.77. The molecular weight excluding hydrogens is 440 g/mol. The van der Waals surface area contributed by atoms with Crippen molar-refractivity contribution in [3.8, 4) is 22.7 Å². The van der Waals surface area contributed by atoms with E-state index in [1.165, 1.54) is 16.8 Å². The van der Waals surface area contributed by atoms with Crippen LogP contribution in [-0.4, -0.2) is 26.6 Å². The maximum atomic E-state index is 13.8. The van der Waals surface area contributed by atoms with Gasteiger partial charge in [0.25, 0.3) is 5.91 Å². The first kappa shape index (κ1) is 20.9. The Morgan fingerprint density at radius 3 is 2.27 bits per heavy atom. The van der Waals surface area contributed by atoms with Crippen molar-refractivity contribution in [1.82, 2.24) is 9.78 Å². The molecule has 33 heavy (non-hydrogen) atoms. The van der Waals surface area contributed by atoms with Gasteiger partial charge in [-0.25, -0.2) is 4.68 Å². The number of fused-ring (bicyclic) bond motifs is 3. The van der Waals surface area contributed by atoms with Crippen LogP contribution in [0.15, 0.2) is 78.9 Å². The number of nitrogens with zero attached hydrogens (tertiary/aromatic N) is 2. The predicted octanol–water partition coefficient (Wildman–Crippen LogP) is 3.67. The molecule has 1 aliphatic rings. The molecule has 5 rings (SSSR count). The third-order valence-electron chi connectivity index (χ3n) is 5.93. The number of carbonyl (C=O) groups excluding carboxylic acids is 2. The zero-order valence-corrected chi connectivity index (χ0v) is 18.0. The molecule has 1 aliphatic carbocycles. The van der Waals surface area contributed by atoms with Gasteiger partial charge in [-0.05, 0) is 29.8 Å². The highest BCUT2D eigenvalue weighted by Gasteiger charge is 2.53. The average molecular weight is 459 g/mol. The van der Waals surface area contributed by atoms with E-state index in [-0.39, 0.29) is 17.0 Å². The van der Waals surface area contributed by atoms with Crippen LogP contribution in [-0.2, 0) is 5.54 Å². The molecule has 7 nitrogen and oxygen atoms in total. The number of hydrogen-bond acceptors (Lipinski definition) is 5. The molecule has 0 aliphatic heterocycles. The largest absolute Gasteiger partial charge is 0.508 e. The summed E-state index contributed by atoms with van der Waals surface area (Å²) in [5, 5.41) is 13.2. The number of aromatic hydroxyl groups is 1.